The third kappa shape index (κ3) is 46.3. The predicted octanol–water partition coefficient (Wildman–Crippen LogP) is 11.2. The summed E-state index contributed by atoms with van der Waals surface area (Å²) >= 11 is 5.10. The number of unbranched alkanes of at least 4 members (excludes halogenated alkanes) is 18. The van der Waals surface area contributed by atoms with Crippen LogP contribution in [0.25, 0.3) is 0 Å². The maximum absolute atomic E-state index is 12.7. The number of carbonyl (C=O) groups excluding carboxylic acids is 6. The highest BCUT2D eigenvalue weighted by atomic mass is 32.2. The monoisotopic (exact) mass is 1080 g/mol. The first kappa shape index (κ1) is 69.8. The van der Waals surface area contributed by atoms with Crippen molar-refractivity contribution >= 4 is 71.1 Å². The molecule has 0 aromatic heterocycles. The number of hydrogen-bond acceptors (Lipinski definition) is 17. The molecule has 0 radical (unpaired) electrons. The Labute approximate surface area is 450 Å². The van der Waals surface area contributed by atoms with Gasteiger partial charge in [0.2, 0.25) is 0 Å². The Morgan fingerprint density at radius 3 is 0.958 bits per heavy atom. The summed E-state index contributed by atoms with van der Waals surface area (Å²) in [6.45, 7) is 11.6. The van der Waals surface area contributed by atoms with Crippen LogP contribution < -0.4 is 0 Å². The minimum absolute atomic E-state index is 0.00392. The van der Waals surface area contributed by atoms with E-state index in [-0.39, 0.29) is 94.6 Å². The molecule has 3 atom stereocenters. The molecule has 72 heavy (non-hydrogen) atoms. The van der Waals surface area contributed by atoms with Crippen molar-refractivity contribution in [2.75, 3.05) is 114 Å². The van der Waals surface area contributed by atoms with Crippen molar-refractivity contribution in [2.45, 2.75) is 182 Å². The SMILES string of the molecule is CCCCCCCCCCCCSCC(C)C(=O)OCCOC(=O)CCN(CCSCC(C)C(=O)OCCOC(=O)CCN(C)C)CCC(=O)OCCOC(=O)C(C)CSCCCCCCCCCCCC. The number of rotatable bonds is 52. The molecule has 14 nitrogen and oxygen atoms in total. The van der Waals surface area contributed by atoms with Gasteiger partial charge in [-0.05, 0) is 38.4 Å². The van der Waals surface area contributed by atoms with Gasteiger partial charge in [0.15, 0.2) is 0 Å². The van der Waals surface area contributed by atoms with Gasteiger partial charge >= 0.3 is 35.8 Å². The molecule has 0 aliphatic carbocycles. The number of carbonyl (C=O) groups is 6. The Kier molecular flexibility index (Phi) is 49.4. The van der Waals surface area contributed by atoms with E-state index in [1.807, 2.05) is 37.7 Å². The van der Waals surface area contributed by atoms with Crippen molar-refractivity contribution in [3.05, 3.63) is 0 Å². The highest BCUT2D eigenvalue weighted by Crippen LogP contribution is 2.17. The summed E-state index contributed by atoms with van der Waals surface area (Å²) < 4.78 is 32.0. The second kappa shape index (κ2) is 50.9. The van der Waals surface area contributed by atoms with E-state index in [1.54, 1.807) is 42.2 Å². The van der Waals surface area contributed by atoms with E-state index >= 15 is 0 Å². The van der Waals surface area contributed by atoms with Crippen molar-refractivity contribution in [1.82, 2.24) is 9.80 Å². The molecule has 0 saturated heterocycles. The van der Waals surface area contributed by atoms with Gasteiger partial charge in [0, 0.05) is 49.2 Å². The highest BCUT2D eigenvalue weighted by Gasteiger charge is 2.19. The molecule has 0 N–H and O–H groups in total. The summed E-state index contributed by atoms with van der Waals surface area (Å²) in [4.78, 5) is 78.7. The smallest absolute Gasteiger partial charge is 0.309 e. The van der Waals surface area contributed by atoms with Gasteiger partial charge < -0.3 is 38.2 Å². The van der Waals surface area contributed by atoms with Gasteiger partial charge in [0.25, 0.3) is 0 Å². The summed E-state index contributed by atoms with van der Waals surface area (Å²) in [5, 5.41) is 0. The Morgan fingerprint density at radius 2 is 0.639 bits per heavy atom. The molecule has 0 bridgehead atoms. The Bertz CT molecular complexity index is 1290. The van der Waals surface area contributed by atoms with Gasteiger partial charge in [-0.15, -0.1) is 0 Å². The Morgan fingerprint density at radius 1 is 0.361 bits per heavy atom. The number of nitrogens with zero attached hydrogens (tertiary/aromatic N) is 2. The third-order valence-corrected chi connectivity index (χ3v) is 15.8. The lowest BCUT2D eigenvalue weighted by molar-refractivity contribution is -0.154. The third-order valence-electron chi connectivity index (χ3n) is 11.9. The molecule has 0 rings (SSSR count). The van der Waals surface area contributed by atoms with Crippen molar-refractivity contribution in [1.29, 1.82) is 0 Å². The molecule has 0 fully saturated rings. The Balaban J connectivity index is 4.66. The minimum Gasteiger partial charge on any atom is -0.462 e. The molecule has 17 heteroatoms. The lowest BCUT2D eigenvalue weighted by atomic mass is 10.1. The average Bonchev–Trinajstić information content (AvgIpc) is 3.36. The zero-order valence-corrected chi connectivity index (χ0v) is 48.8. The van der Waals surface area contributed by atoms with Crippen LogP contribution in [0.15, 0.2) is 0 Å². The first-order chi connectivity index (χ1) is 34.8. The van der Waals surface area contributed by atoms with Crippen LogP contribution in [-0.2, 0) is 57.2 Å². The van der Waals surface area contributed by atoms with Crippen LogP contribution in [0.5, 0.6) is 0 Å². The second-order valence-corrected chi connectivity index (χ2v) is 22.8. The molecule has 3 unspecified atom stereocenters. The van der Waals surface area contributed by atoms with Crippen LogP contribution in [0, 0.1) is 17.8 Å². The molecule has 0 spiro atoms. The van der Waals surface area contributed by atoms with E-state index in [4.69, 9.17) is 28.4 Å². The van der Waals surface area contributed by atoms with Crippen molar-refractivity contribution in [2.24, 2.45) is 17.8 Å². The van der Waals surface area contributed by atoms with E-state index in [1.165, 1.54) is 116 Å². The van der Waals surface area contributed by atoms with E-state index in [0.29, 0.717) is 49.2 Å². The quantitative estimate of drug-likeness (QED) is 0.0321. The van der Waals surface area contributed by atoms with Gasteiger partial charge in [-0.25, -0.2) is 0 Å². The zero-order valence-electron chi connectivity index (χ0n) is 46.3. The van der Waals surface area contributed by atoms with E-state index < -0.39 is 17.9 Å². The molecule has 0 saturated carbocycles. The standard InChI is InChI=1S/C55H102N2O12S3/c1-8-10-12-14-16-18-20-22-24-26-41-70-44-47(3)53(61)67-39-36-65-51(59)29-32-57(34-43-72-46-49(5)55(63)69-38-35-64-50(58)28-31-56(6)7)33-30-52(60)66-37-40-68-54(62)48(4)45-71-42-27-25-23-21-19-17-15-13-11-9-2/h47-49H,8-46H2,1-7H3. The van der Waals surface area contributed by atoms with Crippen LogP contribution >= 0.6 is 35.3 Å². The molecule has 0 heterocycles. The van der Waals surface area contributed by atoms with Crippen molar-refractivity contribution in [3.63, 3.8) is 0 Å². The molecule has 0 amide bonds. The fourth-order valence-corrected chi connectivity index (χ4v) is 10.4. The molecular formula is C55H102N2O12S3. The van der Waals surface area contributed by atoms with Gasteiger partial charge in [0.05, 0.1) is 37.0 Å². The van der Waals surface area contributed by atoms with Gasteiger partial charge in [0.1, 0.15) is 39.6 Å². The average molecular weight is 1080 g/mol. The molecule has 0 aliphatic rings. The summed E-state index contributed by atoms with van der Waals surface area (Å²) in [5.41, 5.74) is 0. The summed E-state index contributed by atoms with van der Waals surface area (Å²) in [5.74, 6) is 1.47. The number of ether oxygens (including phenoxy) is 6. The molecule has 0 aromatic rings. The van der Waals surface area contributed by atoms with Crippen LogP contribution in [-0.4, -0.2) is 160 Å². The topological polar surface area (TPSA) is 164 Å². The predicted molar refractivity (Wildman–Crippen MR) is 298 cm³/mol. The normalized spacial score (nSPS) is 12.6. The van der Waals surface area contributed by atoms with Gasteiger partial charge in [-0.3, -0.25) is 28.8 Å². The molecule has 0 aliphatic heterocycles. The maximum atomic E-state index is 12.7. The molecule has 422 valence electrons. The van der Waals surface area contributed by atoms with Crippen molar-refractivity contribution < 1.29 is 57.2 Å². The first-order valence-electron chi connectivity index (χ1n) is 27.9. The molecular weight excluding hydrogens is 977 g/mol. The number of esters is 6. The first-order valence-corrected chi connectivity index (χ1v) is 31.3. The van der Waals surface area contributed by atoms with Crippen LogP contribution in [0.1, 0.15) is 182 Å². The lowest BCUT2D eigenvalue weighted by Gasteiger charge is -2.22. The van der Waals surface area contributed by atoms with Crippen LogP contribution in [0.4, 0.5) is 0 Å². The van der Waals surface area contributed by atoms with E-state index in [0.717, 1.165) is 24.3 Å². The van der Waals surface area contributed by atoms with Crippen LogP contribution in [0.3, 0.4) is 0 Å². The molecule has 0 aromatic carbocycles. The van der Waals surface area contributed by atoms with Crippen molar-refractivity contribution in [3.8, 4) is 0 Å². The number of hydrogen-bond donors (Lipinski definition) is 0. The summed E-state index contributed by atoms with van der Waals surface area (Å²) in [6, 6.07) is 0. The van der Waals surface area contributed by atoms with E-state index in [9.17, 15) is 28.8 Å². The van der Waals surface area contributed by atoms with Crippen LogP contribution in [0.2, 0.25) is 0 Å². The summed E-state index contributed by atoms with van der Waals surface area (Å²) in [7, 11) is 3.74. The minimum atomic E-state index is -0.445. The second-order valence-electron chi connectivity index (χ2n) is 19.4. The zero-order chi connectivity index (χ0) is 53.3. The fourth-order valence-electron chi connectivity index (χ4n) is 7.25. The fraction of sp³-hybridized carbons (Fsp3) is 0.891. The lowest BCUT2D eigenvalue weighted by Crippen LogP contribution is -2.32. The van der Waals surface area contributed by atoms with E-state index in [2.05, 4.69) is 13.8 Å². The largest absolute Gasteiger partial charge is 0.462 e. The number of thioether (sulfide) groups is 3. The van der Waals surface area contributed by atoms with Gasteiger partial charge in [-0.2, -0.15) is 35.3 Å². The maximum Gasteiger partial charge on any atom is 0.309 e. The Hall–Kier alpha value is -2.21. The van der Waals surface area contributed by atoms with Gasteiger partial charge in [-0.1, -0.05) is 150 Å². The highest BCUT2D eigenvalue weighted by molar-refractivity contribution is 7.99. The summed E-state index contributed by atoms with van der Waals surface area (Å²) in [6.07, 6.45) is 26.4.